The maximum atomic E-state index is 12.7. The predicted octanol–water partition coefficient (Wildman–Crippen LogP) is 1.87. The summed E-state index contributed by atoms with van der Waals surface area (Å²) in [4.78, 5) is 39.2. The lowest BCUT2D eigenvalue weighted by Gasteiger charge is -2.34. The number of carbonyl (C=O) groups is 3. The van der Waals surface area contributed by atoms with E-state index in [-0.39, 0.29) is 23.8 Å². The summed E-state index contributed by atoms with van der Waals surface area (Å²) in [6.07, 6.45) is 1.30. The summed E-state index contributed by atoms with van der Waals surface area (Å²) in [5.41, 5.74) is 0.456. The van der Waals surface area contributed by atoms with E-state index in [1.54, 1.807) is 34.1 Å². The summed E-state index contributed by atoms with van der Waals surface area (Å²) in [6.45, 7) is 4.57. The molecule has 1 N–H and O–H groups in total. The largest absolute Gasteiger partial charge is 0.482 e. The molecule has 0 bridgehead atoms. The first-order valence-corrected chi connectivity index (χ1v) is 8.80. The van der Waals surface area contributed by atoms with Gasteiger partial charge in [-0.15, -0.1) is 0 Å². The lowest BCUT2D eigenvalue weighted by atomic mass is 9.94. The van der Waals surface area contributed by atoms with E-state index in [2.05, 4.69) is 0 Å². The summed E-state index contributed by atoms with van der Waals surface area (Å²) in [5, 5.41) is 8.67. The van der Waals surface area contributed by atoms with Gasteiger partial charge in [-0.3, -0.25) is 9.59 Å². The predicted molar refractivity (Wildman–Crippen MR) is 96.1 cm³/mol. The Hall–Kier alpha value is -2.57. The van der Waals surface area contributed by atoms with Crippen LogP contribution < -0.4 is 4.74 Å². The summed E-state index contributed by atoms with van der Waals surface area (Å²) < 4.78 is 5.12. The van der Waals surface area contributed by atoms with Gasteiger partial charge in [-0.2, -0.15) is 0 Å². The van der Waals surface area contributed by atoms with Crippen molar-refractivity contribution in [3.63, 3.8) is 0 Å². The fraction of sp³-hybridized carbons (Fsp3) is 0.526. The molecule has 1 aliphatic rings. The van der Waals surface area contributed by atoms with Crippen LogP contribution in [-0.4, -0.2) is 65.5 Å². The third-order valence-electron chi connectivity index (χ3n) is 4.70. The van der Waals surface area contributed by atoms with Crippen LogP contribution in [0.15, 0.2) is 24.3 Å². The van der Waals surface area contributed by atoms with Gasteiger partial charge in [0.25, 0.3) is 5.91 Å². The number of carboxylic acid groups (broad SMARTS) is 1. The fourth-order valence-electron chi connectivity index (χ4n) is 2.92. The van der Waals surface area contributed by atoms with Gasteiger partial charge in [-0.25, -0.2) is 4.79 Å². The minimum Gasteiger partial charge on any atom is -0.482 e. The number of piperidine rings is 1. The molecule has 142 valence electrons. The minimum absolute atomic E-state index is 0.0447. The van der Waals surface area contributed by atoms with Gasteiger partial charge in [0, 0.05) is 37.7 Å². The molecule has 2 rings (SSSR count). The number of carbonyl (C=O) groups excluding carboxylic acids is 2. The average Bonchev–Trinajstić information content (AvgIpc) is 2.64. The minimum atomic E-state index is -1.07. The van der Waals surface area contributed by atoms with Gasteiger partial charge in [0.2, 0.25) is 5.91 Å². The van der Waals surface area contributed by atoms with Crippen LogP contribution in [0, 0.1) is 5.92 Å². The van der Waals surface area contributed by atoms with Gasteiger partial charge in [0.15, 0.2) is 6.61 Å². The first kappa shape index (κ1) is 19.8. The Morgan fingerprint density at radius 3 is 2.50 bits per heavy atom. The number of likely N-dealkylation sites (tertiary alicyclic amines) is 1. The van der Waals surface area contributed by atoms with Gasteiger partial charge < -0.3 is 19.6 Å². The topological polar surface area (TPSA) is 87.2 Å². The van der Waals surface area contributed by atoms with Gasteiger partial charge in [0.1, 0.15) is 5.75 Å². The third kappa shape index (κ3) is 4.97. The summed E-state index contributed by atoms with van der Waals surface area (Å²) in [5.74, 6) is -0.761. The molecule has 0 saturated carbocycles. The van der Waals surface area contributed by atoms with Crippen LogP contribution in [0.25, 0.3) is 0 Å². The number of nitrogens with zero attached hydrogens (tertiary/aromatic N) is 2. The molecule has 0 aromatic heterocycles. The Morgan fingerprint density at radius 1 is 1.27 bits per heavy atom. The van der Waals surface area contributed by atoms with Gasteiger partial charge in [-0.05, 0) is 44.9 Å². The van der Waals surface area contributed by atoms with Crippen molar-refractivity contribution in [2.75, 3.05) is 26.7 Å². The van der Waals surface area contributed by atoms with Crippen molar-refractivity contribution in [1.82, 2.24) is 9.80 Å². The highest BCUT2D eigenvalue weighted by Gasteiger charge is 2.30. The Bertz CT molecular complexity index is 666. The lowest BCUT2D eigenvalue weighted by Crippen LogP contribution is -2.45. The molecule has 1 heterocycles. The van der Waals surface area contributed by atoms with E-state index in [1.807, 2.05) is 20.9 Å². The number of hydrogen-bond donors (Lipinski definition) is 1. The highest BCUT2D eigenvalue weighted by molar-refractivity contribution is 5.94. The number of ether oxygens (including phenoxy) is 1. The SMILES string of the molecule is CC(C)N(C)C(=O)C1CCN(C(=O)c2cccc(OCC(=O)O)c2)CC1. The molecule has 1 aromatic rings. The van der Waals surface area contributed by atoms with E-state index in [9.17, 15) is 14.4 Å². The second-order valence-corrected chi connectivity index (χ2v) is 6.82. The van der Waals surface area contributed by atoms with Crippen molar-refractivity contribution < 1.29 is 24.2 Å². The second-order valence-electron chi connectivity index (χ2n) is 6.82. The second kappa shape index (κ2) is 8.69. The molecule has 7 nitrogen and oxygen atoms in total. The van der Waals surface area contributed by atoms with Gasteiger partial charge >= 0.3 is 5.97 Å². The fourth-order valence-corrected chi connectivity index (χ4v) is 2.92. The van der Waals surface area contributed by atoms with Crippen molar-refractivity contribution in [3.8, 4) is 5.75 Å². The quantitative estimate of drug-likeness (QED) is 0.835. The van der Waals surface area contributed by atoms with Crippen LogP contribution in [-0.2, 0) is 9.59 Å². The summed E-state index contributed by atoms with van der Waals surface area (Å²) >= 11 is 0. The Morgan fingerprint density at radius 2 is 1.92 bits per heavy atom. The number of amides is 2. The van der Waals surface area contributed by atoms with E-state index in [0.717, 1.165) is 0 Å². The van der Waals surface area contributed by atoms with E-state index in [1.165, 1.54) is 0 Å². The molecule has 2 amide bonds. The van der Waals surface area contributed by atoms with Crippen LogP contribution in [0.2, 0.25) is 0 Å². The standard InChI is InChI=1S/C19H26N2O5/c1-13(2)20(3)18(24)14-7-9-21(10-8-14)19(25)15-5-4-6-16(11-15)26-12-17(22)23/h4-6,11,13-14H,7-10,12H2,1-3H3,(H,22,23). The van der Waals surface area contributed by atoms with Crippen molar-refractivity contribution in [2.45, 2.75) is 32.7 Å². The normalized spacial score (nSPS) is 15.0. The molecule has 1 aliphatic heterocycles. The molecular formula is C19H26N2O5. The van der Waals surface area contributed by atoms with Crippen molar-refractivity contribution in [2.24, 2.45) is 5.92 Å². The molecule has 1 saturated heterocycles. The maximum absolute atomic E-state index is 12.7. The zero-order valence-electron chi connectivity index (χ0n) is 15.5. The summed E-state index contributed by atoms with van der Waals surface area (Å²) in [6, 6.07) is 6.68. The molecular weight excluding hydrogens is 336 g/mol. The van der Waals surface area contributed by atoms with Crippen LogP contribution in [0.3, 0.4) is 0 Å². The van der Waals surface area contributed by atoms with Crippen LogP contribution in [0.4, 0.5) is 0 Å². The van der Waals surface area contributed by atoms with Crippen LogP contribution >= 0.6 is 0 Å². The zero-order chi connectivity index (χ0) is 19.3. The van der Waals surface area contributed by atoms with Crippen molar-refractivity contribution in [3.05, 3.63) is 29.8 Å². The highest BCUT2D eigenvalue weighted by atomic mass is 16.5. The first-order chi connectivity index (χ1) is 12.3. The highest BCUT2D eigenvalue weighted by Crippen LogP contribution is 2.22. The Labute approximate surface area is 153 Å². The molecule has 0 atom stereocenters. The number of hydrogen-bond acceptors (Lipinski definition) is 4. The number of benzene rings is 1. The van der Waals surface area contributed by atoms with E-state index in [0.29, 0.717) is 37.2 Å². The molecule has 0 aliphatic carbocycles. The molecule has 0 radical (unpaired) electrons. The van der Waals surface area contributed by atoms with Crippen LogP contribution in [0.5, 0.6) is 5.75 Å². The number of aliphatic carboxylic acids is 1. The molecule has 7 heteroatoms. The van der Waals surface area contributed by atoms with E-state index < -0.39 is 12.6 Å². The van der Waals surface area contributed by atoms with E-state index >= 15 is 0 Å². The molecule has 0 spiro atoms. The lowest BCUT2D eigenvalue weighted by molar-refractivity contribution is -0.139. The Kier molecular flexibility index (Phi) is 6.60. The summed E-state index contributed by atoms with van der Waals surface area (Å²) in [7, 11) is 1.81. The monoisotopic (exact) mass is 362 g/mol. The molecule has 1 fully saturated rings. The van der Waals surface area contributed by atoms with Crippen molar-refractivity contribution >= 4 is 17.8 Å². The molecule has 0 unspecified atom stereocenters. The maximum Gasteiger partial charge on any atom is 0.341 e. The van der Waals surface area contributed by atoms with E-state index in [4.69, 9.17) is 9.84 Å². The molecule has 26 heavy (non-hydrogen) atoms. The number of carboxylic acids is 1. The van der Waals surface area contributed by atoms with Crippen LogP contribution in [0.1, 0.15) is 37.0 Å². The Balaban J connectivity index is 1.95. The molecule has 1 aromatic carbocycles. The smallest absolute Gasteiger partial charge is 0.341 e. The average molecular weight is 362 g/mol. The van der Waals surface area contributed by atoms with Gasteiger partial charge in [0.05, 0.1) is 0 Å². The zero-order valence-corrected chi connectivity index (χ0v) is 15.5. The first-order valence-electron chi connectivity index (χ1n) is 8.80. The van der Waals surface area contributed by atoms with Gasteiger partial charge in [-0.1, -0.05) is 6.07 Å². The third-order valence-corrected chi connectivity index (χ3v) is 4.70. The van der Waals surface area contributed by atoms with Crippen molar-refractivity contribution in [1.29, 1.82) is 0 Å². The number of rotatable bonds is 6.